The Kier molecular flexibility index (Phi) is 5.01. The molecule has 1 aliphatic rings. The summed E-state index contributed by atoms with van der Waals surface area (Å²) in [6.45, 7) is 6.82. The molecule has 0 aliphatic carbocycles. The third-order valence-corrected chi connectivity index (χ3v) is 4.02. The topological polar surface area (TPSA) is 59.4 Å². The van der Waals surface area contributed by atoms with Crippen molar-refractivity contribution in [2.24, 2.45) is 7.05 Å². The van der Waals surface area contributed by atoms with Crippen LogP contribution in [0.4, 0.5) is 0 Å². The molecule has 1 aromatic rings. The Labute approximate surface area is 124 Å². The maximum Gasteiger partial charge on any atom is 0.239 e. The molecule has 0 bridgehead atoms. The Balaban J connectivity index is 1.91. The maximum absolute atomic E-state index is 12.2. The molecule has 1 N–H and O–H groups in total. The SMILES string of the molecule is Cc1nn(C)c(CNC(C)C(=O)N2CCOCC2)c1Cl. The predicted octanol–water partition coefficient (Wildman–Crippen LogP) is 0.719. The third kappa shape index (κ3) is 3.31. The number of rotatable bonds is 4. The molecule has 2 heterocycles. The molecule has 7 heteroatoms. The molecule has 112 valence electrons. The van der Waals surface area contributed by atoms with Crippen LogP contribution in [0.1, 0.15) is 18.3 Å². The lowest BCUT2D eigenvalue weighted by Crippen LogP contribution is -2.49. The summed E-state index contributed by atoms with van der Waals surface area (Å²) in [5, 5.41) is 8.13. The number of hydrogen-bond acceptors (Lipinski definition) is 4. The van der Waals surface area contributed by atoms with Gasteiger partial charge in [-0.2, -0.15) is 5.10 Å². The molecule has 1 atom stereocenters. The number of carbonyl (C=O) groups excluding carboxylic acids is 1. The van der Waals surface area contributed by atoms with Crippen molar-refractivity contribution in [3.63, 3.8) is 0 Å². The Bertz CT molecular complexity index is 483. The summed E-state index contributed by atoms with van der Waals surface area (Å²) in [6, 6.07) is -0.251. The molecule has 1 aromatic heterocycles. The second-order valence-corrected chi connectivity index (χ2v) is 5.39. The molecule has 6 nitrogen and oxygen atoms in total. The molecule has 1 aliphatic heterocycles. The van der Waals surface area contributed by atoms with Crippen LogP contribution in [0.3, 0.4) is 0 Å². The van der Waals surface area contributed by atoms with E-state index in [0.29, 0.717) is 37.9 Å². The Morgan fingerprint density at radius 3 is 2.70 bits per heavy atom. The molecule has 2 rings (SSSR count). The lowest BCUT2D eigenvalue weighted by atomic mass is 10.2. The van der Waals surface area contributed by atoms with Gasteiger partial charge in [0, 0.05) is 26.7 Å². The Morgan fingerprint density at radius 1 is 1.50 bits per heavy atom. The predicted molar refractivity (Wildman–Crippen MR) is 76.7 cm³/mol. The molecule has 1 fully saturated rings. The van der Waals surface area contributed by atoms with Crippen molar-refractivity contribution in [2.45, 2.75) is 26.4 Å². The lowest BCUT2D eigenvalue weighted by Gasteiger charge is -2.29. The van der Waals surface area contributed by atoms with Gasteiger partial charge in [-0.15, -0.1) is 0 Å². The van der Waals surface area contributed by atoms with Gasteiger partial charge in [-0.25, -0.2) is 0 Å². The molecule has 20 heavy (non-hydrogen) atoms. The number of aromatic nitrogens is 2. The summed E-state index contributed by atoms with van der Waals surface area (Å²) in [5.74, 6) is 0.100. The fourth-order valence-corrected chi connectivity index (χ4v) is 2.49. The first-order chi connectivity index (χ1) is 9.50. The third-order valence-electron chi connectivity index (χ3n) is 3.53. The molecule has 0 spiro atoms. The first-order valence-corrected chi connectivity index (χ1v) is 7.16. The molecule has 1 saturated heterocycles. The van der Waals surface area contributed by atoms with Crippen LogP contribution < -0.4 is 5.32 Å². The number of halogens is 1. The number of carbonyl (C=O) groups is 1. The molecule has 1 amide bonds. The average Bonchev–Trinajstić information content (AvgIpc) is 2.70. The van der Waals surface area contributed by atoms with Gasteiger partial charge in [-0.1, -0.05) is 11.6 Å². The van der Waals surface area contributed by atoms with Crippen LogP contribution in [0.15, 0.2) is 0 Å². The van der Waals surface area contributed by atoms with Crippen molar-refractivity contribution >= 4 is 17.5 Å². The van der Waals surface area contributed by atoms with Crippen LogP contribution in [-0.4, -0.2) is 52.9 Å². The zero-order valence-electron chi connectivity index (χ0n) is 12.1. The van der Waals surface area contributed by atoms with E-state index in [9.17, 15) is 4.79 Å². The van der Waals surface area contributed by atoms with Gasteiger partial charge >= 0.3 is 0 Å². The molecule has 0 radical (unpaired) electrons. The van der Waals surface area contributed by atoms with Gasteiger partial charge < -0.3 is 15.0 Å². The number of nitrogens with zero attached hydrogens (tertiary/aromatic N) is 3. The van der Waals surface area contributed by atoms with Gasteiger partial charge in [0.2, 0.25) is 5.91 Å². The zero-order valence-corrected chi connectivity index (χ0v) is 12.9. The summed E-state index contributed by atoms with van der Waals surface area (Å²) in [5.41, 5.74) is 1.70. The first-order valence-electron chi connectivity index (χ1n) is 6.78. The van der Waals surface area contributed by atoms with Crippen LogP contribution in [0.2, 0.25) is 5.02 Å². The van der Waals surface area contributed by atoms with Gasteiger partial charge in [0.15, 0.2) is 0 Å². The number of nitrogens with one attached hydrogen (secondary N) is 1. The summed E-state index contributed by atoms with van der Waals surface area (Å²) in [6.07, 6.45) is 0. The maximum atomic E-state index is 12.2. The number of amides is 1. The van der Waals surface area contributed by atoms with E-state index in [2.05, 4.69) is 10.4 Å². The van der Waals surface area contributed by atoms with Crippen LogP contribution >= 0.6 is 11.6 Å². The number of ether oxygens (including phenoxy) is 1. The van der Waals surface area contributed by atoms with Crippen LogP contribution in [0.25, 0.3) is 0 Å². The highest BCUT2D eigenvalue weighted by molar-refractivity contribution is 6.31. The summed E-state index contributed by atoms with van der Waals surface area (Å²) in [7, 11) is 1.85. The molecule has 0 saturated carbocycles. The van der Waals surface area contributed by atoms with Crippen LogP contribution in [0, 0.1) is 6.92 Å². The summed E-state index contributed by atoms with van der Waals surface area (Å²) in [4.78, 5) is 14.1. The van der Waals surface area contributed by atoms with Crippen molar-refractivity contribution in [1.82, 2.24) is 20.0 Å². The van der Waals surface area contributed by atoms with Crippen molar-refractivity contribution in [3.8, 4) is 0 Å². The van der Waals surface area contributed by atoms with E-state index in [-0.39, 0.29) is 11.9 Å². The smallest absolute Gasteiger partial charge is 0.239 e. The molecule has 1 unspecified atom stereocenters. The fraction of sp³-hybridized carbons (Fsp3) is 0.692. The van der Waals surface area contributed by atoms with Crippen LogP contribution in [0.5, 0.6) is 0 Å². The standard InChI is InChI=1S/C13H21ClN4O2/c1-9-12(14)11(17(3)16-9)8-15-10(2)13(19)18-4-6-20-7-5-18/h10,15H,4-8H2,1-3H3. The number of aryl methyl sites for hydroxylation is 2. The normalized spacial score (nSPS) is 17.3. The second kappa shape index (κ2) is 6.56. The lowest BCUT2D eigenvalue weighted by molar-refractivity contribution is -0.137. The highest BCUT2D eigenvalue weighted by Gasteiger charge is 2.22. The van der Waals surface area contributed by atoms with Gasteiger partial charge in [-0.3, -0.25) is 9.48 Å². The van der Waals surface area contributed by atoms with E-state index in [1.165, 1.54) is 0 Å². The van der Waals surface area contributed by atoms with Crippen molar-refractivity contribution in [2.75, 3.05) is 26.3 Å². The Morgan fingerprint density at radius 2 is 2.15 bits per heavy atom. The van der Waals surface area contributed by atoms with E-state index in [0.717, 1.165) is 11.4 Å². The highest BCUT2D eigenvalue weighted by atomic mass is 35.5. The van der Waals surface area contributed by atoms with Crippen molar-refractivity contribution in [3.05, 3.63) is 16.4 Å². The van der Waals surface area contributed by atoms with Gasteiger partial charge in [0.05, 0.1) is 35.7 Å². The minimum absolute atomic E-state index is 0.100. The molecular formula is C13H21ClN4O2. The van der Waals surface area contributed by atoms with Gasteiger partial charge in [-0.05, 0) is 13.8 Å². The monoisotopic (exact) mass is 300 g/mol. The minimum Gasteiger partial charge on any atom is -0.378 e. The minimum atomic E-state index is -0.251. The van der Waals surface area contributed by atoms with Crippen LogP contribution in [-0.2, 0) is 23.1 Å². The number of morpholine rings is 1. The van der Waals surface area contributed by atoms with Crippen molar-refractivity contribution < 1.29 is 9.53 Å². The fourth-order valence-electron chi connectivity index (χ4n) is 2.27. The van der Waals surface area contributed by atoms with E-state index in [1.54, 1.807) is 4.68 Å². The van der Waals surface area contributed by atoms with E-state index < -0.39 is 0 Å². The largest absolute Gasteiger partial charge is 0.378 e. The summed E-state index contributed by atoms with van der Waals surface area (Å²) >= 11 is 6.19. The van der Waals surface area contributed by atoms with E-state index in [4.69, 9.17) is 16.3 Å². The number of hydrogen-bond donors (Lipinski definition) is 1. The second-order valence-electron chi connectivity index (χ2n) is 5.01. The average molecular weight is 301 g/mol. The van der Waals surface area contributed by atoms with Gasteiger partial charge in [0.1, 0.15) is 0 Å². The van der Waals surface area contributed by atoms with Crippen molar-refractivity contribution in [1.29, 1.82) is 0 Å². The molecule has 0 aromatic carbocycles. The first kappa shape index (κ1) is 15.3. The van der Waals surface area contributed by atoms with Gasteiger partial charge in [0.25, 0.3) is 0 Å². The highest BCUT2D eigenvalue weighted by Crippen LogP contribution is 2.19. The quantitative estimate of drug-likeness (QED) is 0.890. The van der Waals surface area contributed by atoms with E-state index >= 15 is 0 Å². The Hall–Kier alpha value is -1.11. The zero-order chi connectivity index (χ0) is 14.7. The van der Waals surface area contributed by atoms with E-state index in [1.807, 2.05) is 25.8 Å². The molecular weight excluding hydrogens is 280 g/mol. The summed E-state index contributed by atoms with van der Waals surface area (Å²) < 4.78 is 7.00.